The fourth-order valence-corrected chi connectivity index (χ4v) is 7.12. The monoisotopic (exact) mass is 584 g/mol. The van der Waals surface area contributed by atoms with Crippen molar-refractivity contribution in [2.75, 3.05) is 24.6 Å². The van der Waals surface area contributed by atoms with E-state index in [1.807, 2.05) is 0 Å². The molecule has 0 saturated heterocycles. The van der Waals surface area contributed by atoms with E-state index in [4.69, 9.17) is 34.0 Å². The first-order valence-corrected chi connectivity index (χ1v) is 14.7. The van der Waals surface area contributed by atoms with Crippen molar-refractivity contribution in [2.45, 2.75) is 24.9 Å². The van der Waals surface area contributed by atoms with E-state index in [2.05, 4.69) is 0 Å². The molecule has 34 heavy (non-hydrogen) atoms. The first kappa shape index (κ1) is 29.1. The highest BCUT2D eigenvalue weighted by molar-refractivity contribution is 8.76. The fraction of sp³-hybridized carbons (Fsp3) is 0.400. The number of rotatable bonds is 16. The van der Waals surface area contributed by atoms with E-state index in [0.717, 1.165) is 33.5 Å². The number of aliphatic carboxylic acids is 2. The summed E-state index contributed by atoms with van der Waals surface area (Å²) in [6.07, 6.45) is 0.114. The predicted octanol–water partition coefficient (Wildman–Crippen LogP) is 4.51. The van der Waals surface area contributed by atoms with Crippen LogP contribution in [0.2, 0.25) is 8.67 Å². The van der Waals surface area contributed by atoms with E-state index < -0.39 is 24.0 Å². The number of ketones is 2. The van der Waals surface area contributed by atoms with Crippen LogP contribution in [0, 0.1) is 0 Å². The summed E-state index contributed by atoms with van der Waals surface area (Å²) in [6.45, 7) is 0.257. The summed E-state index contributed by atoms with van der Waals surface area (Å²) >= 11 is 14.1. The number of carboxylic acid groups (broad SMARTS) is 2. The maximum absolute atomic E-state index is 12.5. The Labute approximate surface area is 222 Å². The van der Waals surface area contributed by atoms with E-state index in [1.165, 1.54) is 10.8 Å². The molecule has 0 aliphatic heterocycles. The van der Waals surface area contributed by atoms with Gasteiger partial charge in [0.05, 0.1) is 18.4 Å². The number of hydrogen-bond acceptors (Lipinski definition) is 10. The topological polar surface area (TPSA) is 138 Å². The molecule has 4 N–H and O–H groups in total. The van der Waals surface area contributed by atoms with Crippen molar-refractivity contribution in [3.05, 3.63) is 42.7 Å². The number of carbonyl (C=O) groups is 4. The van der Waals surface area contributed by atoms with Gasteiger partial charge in [0.2, 0.25) is 0 Å². The SMILES string of the molecule is N[C@@H](CSSC[C@@H](C(=O)O)N(CCC(=O)c1ccc(Cl)s1)CCC(=O)c1ccc(Cl)s1)C(=O)O. The van der Waals surface area contributed by atoms with Crippen molar-refractivity contribution in [3.63, 3.8) is 0 Å². The molecule has 2 atom stereocenters. The van der Waals surface area contributed by atoms with E-state index in [9.17, 15) is 24.3 Å². The Kier molecular flexibility index (Phi) is 12.4. The second-order valence-corrected chi connectivity index (χ2v) is 12.9. The summed E-state index contributed by atoms with van der Waals surface area (Å²) in [7, 11) is 2.34. The molecule has 186 valence electrons. The zero-order valence-corrected chi connectivity index (χ0v) is 22.4. The standard InChI is InChI=1S/C20H22Cl2N2O6S4/c21-17-3-1-15(33-17)13(25)5-7-24(8-6-14(26)16-2-4-18(22)34-16)12(20(29)30)10-32-31-9-11(23)19(27)28/h1-4,11-12H,5-10,23H2,(H,27,28)(H,29,30)/t11-,12-/m0/s1. The van der Waals surface area contributed by atoms with Crippen molar-refractivity contribution in [1.29, 1.82) is 0 Å². The number of halogens is 2. The van der Waals surface area contributed by atoms with Crippen LogP contribution in [0.3, 0.4) is 0 Å². The molecule has 2 aromatic heterocycles. The van der Waals surface area contributed by atoms with Crippen LogP contribution in [-0.2, 0) is 9.59 Å². The summed E-state index contributed by atoms with van der Waals surface area (Å²) in [4.78, 5) is 50.5. The lowest BCUT2D eigenvalue weighted by molar-refractivity contribution is -0.142. The van der Waals surface area contributed by atoms with Gasteiger partial charge >= 0.3 is 11.9 Å². The highest BCUT2D eigenvalue weighted by atomic mass is 35.5. The van der Waals surface area contributed by atoms with Gasteiger partial charge in [-0.1, -0.05) is 44.8 Å². The maximum Gasteiger partial charge on any atom is 0.321 e. The number of carbonyl (C=O) groups excluding carboxylic acids is 2. The van der Waals surface area contributed by atoms with Gasteiger partial charge in [-0.3, -0.25) is 24.1 Å². The van der Waals surface area contributed by atoms with Gasteiger partial charge in [-0.2, -0.15) is 0 Å². The lowest BCUT2D eigenvalue weighted by atomic mass is 10.1. The number of carboxylic acids is 2. The molecule has 0 fully saturated rings. The van der Waals surface area contributed by atoms with Gasteiger partial charge in [-0.05, 0) is 24.3 Å². The highest BCUT2D eigenvalue weighted by Gasteiger charge is 2.27. The summed E-state index contributed by atoms with van der Waals surface area (Å²) in [5, 5.41) is 18.7. The summed E-state index contributed by atoms with van der Waals surface area (Å²) in [6, 6.07) is 4.45. The molecule has 0 amide bonds. The third kappa shape index (κ3) is 9.50. The van der Waals surface area contributed by atoms with Gasteiger partial charge in [0, 0.05) is 37.4 Å². The quantitative estimate of drug-likeness (QED) is 0.147. The molecule has 0 aromatic carbocycles. The largest absolute Gasteiger partial charge is 0.480 e. The average molecular weight is 586 g/mol. The molecular weight excluding hydrogens is 563 g/mol. The Hall–Kier alpha value is -1.12. The van der Waals surface area contributed by atoms with Crippen molar-refractivity contribution in [2.24, 2.45) is 5.73 Å². The van der Waals surface area contributed by atoms with Gasteiger partial charge in [-0.25, -0.2) is 0 Å². The Balaban J connectivity index is 2.04. The second-order valence-electron chi connectivity index (χ2n) is 6.96. The molecular formula is C20H22Cl2N2O6S4. The van der Waals surface area contributed by atoms with Crippen LogP contribution in [0.25, 0.3) is 0 Å². The summed E-state index contributed by atoms with van der Waals surface area (Å²) in [5.74, 6) is -2.35. The molecule has 0 aliphatic carbocycles. The molecule has 0 saturated carbocycles. The van der Waals surface area contributed by atoms with Crippen LogP contribution in [-0.4, -0.2) is 75.3 Å². The first-order valence-electron chi connectivity index (χ1n) is 9.85. The first-order chi connectivity index (χ1) is 16.1. The van der Waals surface area contributed by atoms with Crippen LogP contribution < -0.4 is 5.73 Å². The van der Waals surface area contributed by atoms with Crippen molar-refractivity contribution < 1.29 is 29.4 Å². The third-order valence-electron chi connectivity index (χ3n) is 4.55. The van der Waals surface area contributed by atoms with E-state index in [1.54, 1.807) is 29.2 Å². The number of thiophene rings is 2. The van der Waals surface area contributed by atoms with Gasteiger partial charge in [0.15, 0.2) is 11.6 Å². The van der Waals surface area contributed by atoms with Crippen LogP contribution in [0.4, 0.5) is 0 Å². The molecule has 8 nitrogen and oxygen atoms in total. The molecule has 2 rings (SSSR count). The minimum atomic E-state index is -1.14. The molecule has 2 heterocycles. The molecule has 0 unspecified atom stereocenters. The normalized spacial score (nSPS) is 13.1. The summed E-state index contributed by atoms with van der Waals surface area (Å²) in [5.41, 5.74) is 5.48. The Morgan fingerprint density at radius 2 is 1.32 bits per heavy atom. The lowest BCUT2D eigenvalue weighted by Crippen LogP contribution is -2.45. The Morgan fingerprint density at radius 1 is 0.853 bits per heavy atom. The third-order valence-corrected chi connectivity index (χ3v) is 9.52. The number of Topliss-reactive ketones (excluding diaryl/α,β-unsaturated/α-hetero) is 2. The van der Waals surface area contributed by atoms with Gasteiger partial charge in [-0.15, -0.1) is 22.7 Å². The zero-order valence-electron chi connectivity index (χ0n) is 17.6. The smallest absolute Gasteiger partial charge is 0.321 e. The number of nitrogens with two attached hydrogens (primary N) is 1. The minimum absolute atomic E-state index is 0.0569. The molecule has 0 radical (unpaired) electrons. The number of nitrogens with zero attached hydrogens (tertiary/aromatic N) is 1. The maximum atomic E-state index is 12.5. The van der Waals surface area contributed by atoms with Gasteiger partial charge in [0.25, 0.3) is 0 Å². The van der Waals surface area contributed by atoms with Crippen molar-refractivity contribution in [1.82, 2.24) is 4.90 Å². The molecule has 0 bridgehead atoms. The van der Waals surface area contributed by atoms with E-state index >= 15 is 0 Å². The lowest BCUT2D eigenvalue weighted by Gasteiger charge is -2.28. The molecule has 0 aliphatic rings. The van der Waals surface area contributed by atoms with Gasteiger partial charge < -0.3 is 15.9 Å². The molecule has 0 spiro atoms. The van der Waals surface area contributed by atoms with Gasteiger partial charge in [0.1, 0.15) is 12.1 Å². The Bertz CT molecular complexity index is 959. The minimum Gasteiger partial charge on any atom is -0.480 e. The predicted molar refractivity (Wildman–Crippen MR) is 140 cm³/mol. The highest BCUT2D eigenvalue weighted by Crippen LogP contribution is 2.27. The number of hydrogen-bond donors (Lipinski definition) is 3. The molecule has 14 heteroatoms. The summed E-state index contributed by atoms with van der Waals surface area (Å²) < 4.78 is 0.966. The van der Waals surface area contributed by atoms with Crippen molar-refractivity contribution >= 4 is 91.0 Å². The van der Waals surface area contributed by atoms with Crippen LogP contribution in [0.15, 0.2) is 24.3 Å². The average Bonchev–Trinajstić information content (AvgIpc) is 3.41. The fourth-order valence-electron chi connectivity index (χ4n) is 2.73. The molecule has 2 aromatic rings. The van der Waals surface area contributed by atoms with Crippen LogP contribution in [0.5, 0.6) is 0 Å². The zero-order chi connectivity index (χ0) is 25.3. The van der Waals surface area contributed by atoms with E-state index in [-0.39, 0.29) is 49.0 Å². The Morgan fingerprint density at radius 3 is 1.71 bits per heavy atom. The van der Waals surface area contributed by atoms with Crippen LogP contribution >= 0.6 is 67.5 Å². The van der Waals surface area contributed by atoms with E-state index in [0.29, 0.717) is 18.4 Å². The van der Waals surface area contributed by atoms with Crippen molar-refractivity contribution in [3.8, 4) is 0 Å². The second kappa shape index (κ2) is 14.4. The van der Waals surface area contributed by atoms with Crippen LogP contribution in [0.1, 0.15) is 32.2 Å².